The summed E-state index contributed by atoms with van der Waals surface area (Å²) in [6.07, 6.45) is 87.3. The van der Waals surface area contributed by atoms with E-state index < -0.39 is 24.4 Å². The van der Waals surface area contributed by atoms with Gasteiger partial charge in [-0.25, -0.2) is 0 Å². The second-order valence-electron chi connectivity index (χ2n) is 30.5. The molecule has 1 fully saturated rings. The van der Waals surface area contributed by atoms with E-state index >= 15 is 0 Å². The first-order chi connectivity index (χ1) is 50.4. The Bertz CT molecular complexity index is 2000. The number of allylic oxidation sites excluding steroid dienone is 16. The fourth-order valence-electron chi connectivity index (χ4n) is 13.8. The average Bonchev–Trinajstić information content (AvgIpc) is 0.850. The summed E-state index contributed by atoms with van der Waals surface area (Å²) in [6.45, 7) is 20.5. The van der Waals surface area contributed by atoms with E-state index in [0.717, 1.165) is 167 Å². The zero-order valence-electron chi connectivity index (χ0n) is 68.0. The zero-order valence-corrected chi connectivity index (χ0v) is 68.0. The molecule has 1 aliphatic rings. The van der Waals surface area contributed by atoms with Crippen molar-refractivity contribution in [2.24, 2.45) is 0 Å². The predicted molar refractivity (Wildman–Crippen MR) is 443 cm³/mol. The van der Waals surface area contributed by atoms with Gasteiger partial charge in [0.15, 0.2) is 0 Å². The van der Waals surface area contributed by atoms with Crippen molar-refractivity contribution in [3.05, 3.63) is 97.2 Å². The van der Waals surface area contributed by atoms with Crippen LogP contribution >= 0.6 is 0 Å². The van der Waals surface area contributed by atoms with Gasteiger partial charge in [-0.15, -0.1) is 0 Å². The predicted octanol–water partition coefficient (Wildman–Crippen LogP) is 22.2. The van der Waals surface area contributed by atoms with Crippen molar-refractivity contribution >= 4 is 11.9 Å². The van der Waals surface area contributed by atoms with Crippen molar-refractivity contribution in [3.8, 4) is 0 Å². The topological polar surface area (TPSA) is 146 Å². The summed E-state index contributed by atoms with van der Waals surface area (Å²) in [5.74, 6) is -0.379. The number of rotatable bonds is 75. The van der Waals surface area contributed by atoms with Crippen molar-refractivity contribution in [1.29, 1.82) is 0 Å². The van der Waals surface area contributed by atoms with Crippen LogP contribution < -0.4 is 0 Å². The van der Waals surface area contributed by atoms with Crippen LogP contribution in [0.15, 0.2) is 97.2 Å². The number of nitrogens with zero attached hydrogens (tertiary/aromatic N) is 4. The number of piperazine rings is 1. The van der Waals surface area contributed by atoms with Crippen LogP contribution in [0.2, 0.25) is 0 Å². The fourth-order valence-corrected chi connectivity index (χ4v) is 13.8. The maximum absolute atomic E-state index is 13.2. The molecule has 0 aromatic heterocycles. The molecule has 0 aromatic rings. The summed E-state index contributed by atoms with van der Waals surface area (Å²) in [5.41, 5.74) is 0. The van der Waals surface area contributed by atoms with E-state index in [9.17, 15) is 30.0 Å². The van der Waals surface area contributed by atoms with E-state index in [-0.39, 0.29) is 24.0 Å². The van der Waals surface area contributed by atoms with Gasteiger partial charge < -0.3 is 29.9 Å². The highest BCUT2D eigenvalue weighted by molar-refractivity contribution is 5.69. The van der Waals surface area contributed by atoms with Gasteiger partial charge in [-0.2, -0.15) is 0 Å². The highest BCUT2D eigenvalue weighted by Crippen LogP contribution is 2.19. The molecule has 0 spiro atoms. The standard InChI is InChI=1S/C91H166N4O8/c1-7-11-15-19-23-27-31-35-39-43-47-51-55-59-66-86(96)80-92(81-87(97)67-60-56-52-48-44-40-36-32-28-24-20-16-12-8-2)72-64-63-70-90(100)102-76-74-94-78-85(6)95(79-84(94)5)75-77-103-91(101)71-65-73-93(82-88(98)68-61-57-53-49-45-41-37-33-29-25-21-17-13-9-3)83-89(99)69-62-58-54-50-46-42-38-34-30-26-22-18-14-10-4/h23-30,35-42,84-89,96-99H,7-22,31-34,43-83H2,1-6H3/b27-23-,28-24-,29-25-,30-26-,39-35-,40-36-,41-37-,42-38-. The van der Waals surface area contributed by atoms with Crippen molar-refractivity contribution in [2.75, 3.05) is 78.7 Å². The van der Waals surface area contributed by atoms with E-state index in [2.05, 4.69) is 158 Å². The van der Waals surface area contributed by atoms with E-state index in [1.165, 1.54) is 141 Å². The lowest BCUT2D eigenvalue weighted by Crippen LogP contribution is -2.57. The number of hydrogen-bond acceptors (Lipinski definition) is 12. The van der Waals surface area contributed by atoms with Gasteiger partial charge in [-0.05, 0) is 200 Å². The normalized spacial score (nSPS) is 16.4. The lowest BCUT2D eigenvalue weighted by Gasteiger charge is -2.44. The highest BCUT2D eigenvalue weighted by atomic mass is 16.5. The van der Waals surface area contributed by atoms with E-state index in [1.54, 1.807) is 0 Å². The van der Waals surface area contributed by atoms with Gasteiger partial charge in [0.05, 0.1) is 24.4 Å². The van der Waals surface area contributed by atoms with Gasteiger partial charge in [-0.3, -0.25) is 29.2 Å². The molecular formula is C91H166N4O8. The van der Waals surface area contributed by atoms with Gasteiger partial charge in [0.1, 0.15) is 13.2 Å². The van der Waals surface area contributed by atoms with Crippen molar-refractivity contribution in [2.45, 2.75) is 393 Å². The molecule has 6 unspecified atom stereocenters. The molecule has 12 nitrogen and oxygen atoms in total. The molecule has 0 bridgehead atoms. The van der Waals surface area contributed by atoms with Gasteiger partial charge in [0.25, 0.3) is 0 Å². The number of aliphatic hydroxyl groups is 4. The largest absolute Gasteiger partial charge is 0.464 e. The zero-order chi connectivity index (χ0) is 74.8. The smallest absolute Gasteiger partial charge is 0.305 e. The third kappa shape index (κ3) is 66.5. The van der Waals surface area contributed by atoms with Crippen LogP contribution in [-0.4, -0.2) is 167 Å². The third-order valence-electron chi connectivity index (χ3n) is 20.3. The Labute approximate surface area is 636 Å². The SMILES string of the molecule is CCCCC/C=C\C/C=C\CCCCCCC(O)CN(CCCCC(=O)OCCN1CC(C)N(CCOC(=O)CCCN(CC(O)CCCCCC/C=C\C/C=C\CCCCC)CC(O)CCCCCC/C=C\C/C=C\CCCCC)CC1C)CC(O)CCCCCC/C=C\C/C=C\CCCCC. The Hall–Kier alpha value is -3.46. The van der Waals surface area contributed by atoms with Gasteiger partial charge in [0, 0.05) is 77.3 Å². The molecule has 0 radical (unpaired) electrons. The molecule has 598 valence electrons. The highest BCUT2D eigenvalue weighted by Gasteiger charge is 2.29. The van der Waals surface area contributed by atoms with Crippen LogP contribution in [0.3, 0.4) is 0 Å². The van der Waals surface area contributed by atoms with Crippen molar-refractivity contribution in [3.63, 3.8) is 0 Å². The van der Waals surface area contributed by atoms with Gasteiger partial charge in [-0.1, -0.05) is 253 Å². The van der Waals surface area contributed by atoms with E-state index in [4.69, 9.17) is 9.47 Å². The summed E-state index contributed by atoms with van der Waals surface area (Å²) in [4.78, 5) is 35.4. The molecule has 4 N–H and O–H groups in total. The number of unbranched alkanes of at least 4 members (excludes halogenated alkanes) is 29. The third-order valence-corrected chi connectivity index (χ3v) is 20.3. The molecule has 6 atom stereocenters. The summed E-state index contributed by atoms with van der Waals surface area (Å²) in [7, 11) is 0. The Morgan fingerprint density at radius 2 is 0.573 bits per heavy atom. The first-order valence-electron chi connectivity index (χ1n) is 43.6. The summed E-state index contributed by atoms with van der Waals surface area (Å²) in [6, 6.07) is 0.504. The summed E-state index contributed by atoms with van der Waals surface area (Å²) in [5, 5.41) is 44.9. The van der Waals surface area contributed by atoms with Crippen molar-refractivity contribution in [1.82, 2.24) is 19.6 Å². The molecular weight excluding hydrogens is 1280 g/mol. The second kappa shape index (κ2) is 75.4. The molecule has 0 aromatic carbocycles. The Morgan fingerprint density at radius 3 is 0.845 bits per heavy atom. The Balaban J connectivity index is 2.59. The van der Waals surface area contributed by atoms with Crippen LogP contribution in [0.1, 0.15) is 356 Å². The number of hydrogen-bond donors (Lipinski definition) is 4. The Kier molecular flexibility index (Phi) is 71.4. The lowest BCUT2D eigenvalue weighted by molar-refractivity contribution is -0.146. The van der Waals surface area contributed by atoms with Crippen molar-refractivity contribution < 1.29 is 39.5 Å². The second-order valence-corrected chi connectivity index (χ2v) is 30.5. The lowest BCUT2D eigenvalue weighted by atomic mass is 10.1. The summed E-state index contributed by atoms with van der Waals surface area (Å²) >= 11 is 0. The van der Waals surface area contributed by atoms with Crippen LogP contribution in [0, 0.1) is 0 Å². The fraction of sp³-hybridized carbons (Fsp3) is 0.802. The first kappa shape index (κ1) is 97.6. The van der Waals surface area contributed by atoms with Gasteiger partial charge in [0.2, 0.25) is 0 Å². The molecule has 1 heterocycles. The molecule has 0 saturated carbocycles. The minimum absolute atomic E-state index is 0.175. The number of esters is 2. The van der Waals surface area contributed by atoms with E-state index in [1.807, 2.05) is 0 Å². The minimum atomic E-state index is -0.470. The molecule has 103 heavy (non-hydrogen) atoms. The molecule has 1 aliphatic heterocycles. The Morgan fingerprint density at radius 1 is 0.330 bits per heavy atom. The molecule has 12 heteroatoms. The number of carbonyl (C=O) groups excluding carboxylic acids is 2. The number of carbonyl (C=O) groups is 2. The number of ether oxygens (including phenoxy) is 2. The van der Waals surface area contributed by atoms with Crippen LogP contribution in [0.4, 0.5) is 0 Å². The summed E-state index contributed by atoms with van der Waals surface area (Å²) < 4.78 is 11.6. The molecule has 1 rings (SSSR count). The molecule has 1 saturated heterocycles. The maximum atomic E-state index is 13.2. The van der Waals surface area contributed by atoms with Gasteiger partial charge >= 0.3 is 11.9 Å². The maximum Gasteiger partial charge on any atom is 0.305 e. The van der Waals surface area contributed by atoms with E-state index in [0.29, 0.717) is 84.7 Å². The van der Waals surface area contributed by atoms with Crippen LogP contribution in [0.25, 0.3) is 0 Å². The van der Waals surface area contributed by atoms with Crippen LogP contribution in [-0.2, 0) is 19.1 Å². The van der Waals surface area contributed by atoms with Crippen LogP contribution in [0.5, 0.6) is 0 Å². The quantitative estimate of drug-likeness (QED) is 0.0261. The molecule has 0 amide bonds. The molecule has 0 aliphatic carbocycles. The minimum Gasteiger partial charge on any atom is -0.464 e. The monoisotopic (exact) mass is 1440 g/mol. The first-order valence-corrected chi connectivity index (χ1v) is 43.6. The average molecular weight is 1440 g/mol. The number of aliphatic hydroxyl groups excluding tert-OH is 4.